The van der Waals surface area contributed by atoms with Gasteiger partial charge in [-0.15, -0.1) is 11.3 Å². The quantitative estimate of drug-likeness (QED) is 0.783. The van der Waals surface area contributed by atoms with Gasteiger partial charge in [-0.25, -0.2) is 4.98 Å². The Morgan fingerprint density at radius 1 is 1.67 bits per heavy atom. The second-order valence-corrected chi connectivity index (χ2v) is 4.32. The zero-order valence-electron chi connectivity index (χ0n) is 7.92. The first-order valence-electron chi connectivity index (χ1n) is 4.28. The monoisotopic (exact) mass is 184 g/mol. The van der Waals surface area contributed by atoms with Crippen LogP contribution in [-0.2, 0) is 5.54 Å². The Bertz CT molecular complexity index is 253. The van der Waals surface area contributed by atoms with E-state index in [0.717, 1.165) is 23.5 Å². The van der Waals surface area contributed by atoms with Crippen LogP contribution in [0, 0.1) is 6.92 Å². The highest BCUT2D eigenvalue weighted by Gasteiger charge is 2.22. The minimum Gasteiger partial charge on any atom is -0.320 e. The van der Waals surface area contributed by atoms with Crippen LogP contribution in [0.25, 0.3) is 0 Å². The van der Waals surface area contributed by atoms with E-state index in [2.05, 4.69) is 24.2 Å². The standard InChI is InChI=1S/C9H16N2S/c1-4-5-9(3,10)8-11-7(2)6-12-8/h6H,4-5,10H2,1-3H3. The van der Waals surface area contributed by atoms with Gasteiger partial charge in [0.05, 0.1) is 5.54 Å². The van der Waals surface area contributed by atoms with Crippen molar-refractivity contribution in [3.05, 3.63) is 16.1 Å². The zero-order valence-corrected chi connectivity index (χ0v) is 8.74. The van der Waals surface area contributed by atoms with Gasteiger partial charge in [-0.1, -0.05) is 13.3 Å². The number of nitrogens with two attached hydrogens (primary N) is 1. The summed E-state index contributed by atoms with van der Waals surface area (Å²) in [5.74, 6) is 0. The molecule has 1 heterocycles. The van der Waals surface area contributed by atoms with E-state index >= 15 is 0 Å². The van der Waals surface area contributed by atoms with Gasteiger partial charge in [-0.05, 0) is 20.3 Å². The van der Waals surface area contributed by atoms with E-state index in [1.54, 1.807) is 11.3 Å². The fraction of sp³-hybridized carbons (Fsp3) is 0.667. The van der Waals surface area contributed by atoms with Crippen LogP contribution in [0.3, 0.4) is 0 Å². The predicted molar refractivity (Wildman–Crippen MR) is 53.3 cm³/mol. The average molecular weight is 184 g/mol. The molecule has 0 radical (unpaired) electrons. The van der Waals surface area contributed by atoms with Crippen LogP contribution in [0.5, 0.6) is 0 Å². The highest BCUT2D eigenvalue weighted by molar-refractivity contribution is 7.09. The van der Waals surface area contributed by atoms with Crippen molar-refractivity contribution in [2.45, 2.75) is 39.2 Å². The Labute approximate surface area is 77.8 Å². The Hall–Kier alpha value is -0.410. The van der Waals surface area contributed by atoms with Crippen molar-refractivity contribution in [2.75, 3.05) is 0 Å². The topological polar surface area (TPSA) is 38.9 Å². The van der Waals surface area contributed by atoms with E-state index in [9.17, 15) is 0 Å². The third-order valence-electron chi connectivity index (χ3n) is 1.88. The first kappa shape index (κ1) is 9.68. The van der Waals surface area contributed by atoms with Gasteiger partial charge in [0.2, 0.25) is 0 Å². The second kappa shape index (κ2) is 3.54. The molecule has 0 spiro atoms. The SMILES string of the molecule is CCCC(C)(N)c1nc(C)cs1. The lowest BCUT2D eigenvalue weighted by Crippen LogP contribution is -2.32. The lowest BCUT2D eigenvalue weighted by molar-refractivity contribution is 0.444. The van der Waals surface area contributed by atoms with Crippen molar-refractivity contribution in [2.24, 2.45) is 5.73 Å². The fourth-order valence-electron chi connectivity index (χ4n) is 1.24. The molecule has 3 heteroatoms. The van der Waals surface area contributed by atoms with E-state index in [-0.39, 0.29) is 5.54 Å². The normalized spacial score (nSPS) is 16.0. The lowest BCUT2D eigenvalue weighted by atomic mass is 9.99. The van der Waals surface area contributed by atoms with Gasteiger partial charge < -0.3 is 5.73 Å². The highest BCUT2D eigenvalue weighted by Crippen LogP contribution is 2.25. The summed E-state index contributed by atoms with van der Waals surface area (Å²) in [6, 6.07) is 0. The number of thiazole rings is 1. The largest absolute Gasteiger partial charge is 0.320 e. The van der Waals surface area contributed by atoms with Crippen molar-refractivity contribution in [3.63, 3.8) is 0 Å². The molecule has 2 nitrogen and oxygen atoms in total. The third-order valence-corrected chi connectivity index (χ3v) is 3.12. The Morgan fingerprint density at radius 3 is 2.75 bits per heavy atom. The van der Waals surface area contributed by atoms with Gasteiger partial charge in [0, 0.05) is 11.1 Å². The van der Waals surface area contributed by atoms with Crippen LogP contribution in [0.1, 0.15) is 37.4 Å². The maximum absolute atomic E-state index is 6.11. The molecule has 0 amide bonds. The summed E-state index contributed by atoms with van der Waals surface area (Å²) in [6.45, 7) is 6.20. The summed E-state index contributed by atoms with van der Waals surface area (Å²) in [5, 5.41) is 3.11. The summed E-state index contributed by atoms with van der Waals surface area (Å²) in [6.07, 6.45) is 2.10. The second-order valence-electron chi connectivity index (χ2n) is 3.46. The predicted octanol–water partition coefficient (Wildman–Crippen LogP) is 2.43. The third kappa shape index (κ3) is 2.05. The summed E-state index contributed by atoms with van der Waals surface area (Å²) < 4.78 is 0. The maximum atomic E-state index is 6.11. The van der Waals surface area contributed by atoms with Gasteiger partial charge in [0.1, 0.15) is 5.01 Å². The van der Waals surface area contributed by atoms with Crippen molar-refractivity contribution < 1.29 is 0 Å². The van der Waals surface area contributed by atoms with Crippen LogP contribution in [0.15, 0.2) is 5.38 Å². The molecule has 0 bridgehead atoms. The molecule has 0 aliphatic rings. The van der Waals surface area contributed by atoms with E-state index < -0.39 is 0 Å². The molecule has 2 N–H and O–H groups in total. The molecule has 1 aromatic rings. The van der Waals surface area contributed by atoms with Crippen LogP contribution < -0.4 is 5.73 Å². The molecular weight excluding hydrogens is 168 g/mol. The molecule has 68 valence electrons. The minimum absolute atomic E-state index is 0.228. The lowest BCUT2D eigenvalue weighted by Gasteiger charge is -2.20. The van der Waals surface area contributed by atoms with Gasteiger partial charge in [-0.3, -0.25) is 0 Å². The highest BCUT2D eigenvalue weighted by atomic mass is 32.1. The molecule has 1 atom stereocenters. The summed E-state index contributed by atoms with van der Waals surface area (Å²) >= 11 is 1.66. The Balaban J connectivity index is 2.81. The molecule has 0 fully saturated rings. The number of aryl methyl sites for hydroxylation is 1. The Kier molecular flexibility index (Phi) is 2.85. The molecule has 1 aromatic heterocycles. The van der Waals surface area contributed by atoms with Crippen molar-refractivity contribution in [1.29, 1.82) is 0 Å². The van der Waals surface area contributed by atoms with Crippen molar-refractivity contribution >= 4 is 11.3 Å². The first-order valence-corrected chi connectivity index (χ1v) is 5.15. The van der Waals surface area contributed by atoms with Crippen LogP contribution >= 0.6 is 11.3 Å². The molecular formula is C9H16N2S. The number of hydrogen-bond donors (Lipinski definition) is 1. The van der Waals surface area contributed by atoms with Gasteiger partial charge in [0.25, 0.3) is 0 Å². The minimum atomic E-state index is -0.228. The smallest absolute Gasteiger partial charge is 0.112 e. The van der Waals surface area contributed by atoms with Gasteiger partial charge >= 0.3 is 0 Å². The van der Waals surface area contributed by atoms with E-state index in [1.165, 1.54) is 0 Å². The number of rotatable bonds is 3. The van der Waals surface area contributed by atoms with Gasteiger partial charge in [-0.2, -0.15) is 0 Å². The molecule has 0 saturated carbocycles. The maximum Gasteiger partial charge on any atom is 0.112 e. The van der Waals surface area contributed by atoms with E-state index in [4.69, 9.17) is 5.73 Å². The molecule has 0 aromatic carbocycles. The summed E-state index contributed by atoms with van der Waals surface area (Å²) in [5.41, 5.74) is 6.95. The molecule has 12 heavy (non-hydrogen) atoms. The average Bonchev–Trinajstić information content (AvgIpc) is 2.36. The summed E-state index contributed by atoms with van der Waals surface area (Å²) in [4.78, 5) is 4.39. The summed E-state index contributed by atoms with van der Waals surface area (Å²) in [7, 11) is 0. The molecule has 1 unspecified atom stereocenters. The number of nitrogens with zero attached hydrogens (tertiary/aromatic N) is 1. The van der Waals surface area contributed by atoms with E-state index in [0.29, 0.717) is 0 Å². The van der Waals surface area contributed by atoms with E-state index in [1.807, 2.05) is 6.92 Å². The van der Waals surface area contributed by atoms with Crippen molar-refractivity contribution in [1.82, 2.24) is 4.98 Å². The molecule has 1 rings (SSSR count). The number of hydrogen-bond acceptors (Lipinski definition) is 3. The molecule has 0 aliphatic carbocycles. The fourth-order valence-corrected chi connectivity index (χ4v) is 2.15. The van der Waals surface area contributed by atoms with Crippen LogP contribution in [0.4, 0.5) is 0 Å². The van der Waals surface area contributed by atoms with Crippen molar-refractivity contribution in [3.8, 4) is 0 Å². The first-order chi connectivity index (χ1) is 5.56. The Morgan fingerprint density at radius 2 is 2.33 bits per heavy atom. The number of aromatic nitrogens is 1. The molecule has 0 aliphatic heterocycles. The van der Waals surface area contributed by atoms with Crippen LogP contribution in [0.2, 0.25) is 0 Å². The van der Waals surface area contributed by atoms with Crippen LogP contribution in [-0.4, -0.2) is 4.98 Å². The molecule has 0 saturated heterocycles. The van der Waals surface area contributed by atoms with Gasteiger partial charge in [0.15, 0.2) is 0 Å². The zero-order chi connectivity index (χ0) is 9.19.